The Morgan fingerprint density at radius 3 is 2.41 bits per heavy atom. The molecule has 1 fully saturated rings. The first-order valence-corrected chi connectivity index (χ1v) is 10.5. The second kappa shape index (κ2) is 8.73. The molecule has 3 rings (SSSR count). The molecule has 176 valence electrons. The van der Waals surface area contributed by atoms with Crippen molar-refractivity contribution < 1.29 is 45.0 Å². The van der Waals surface area contributed by atoms with Crippen LogP contribution < -0.4 is 15.2 Å². The molecule has 1 aromatic carbocycles. The number of sulfonamides is 1. The van der Waals surface area contributed by atoms with Crippen molar-refractivity contribution in [3.05, 3.63) is 36.0 Å². The van der Waals surface area contributed by atoms with Crippen LogP contribution in [0.25, 0.3) is 0 Å². The molecule has 4 N–H and O–H groups in total. The number of primary sulfonamides is 1. The molecule has 15 heteroatoms. The van der Waals surface area contributed by atoms with Crippen molar-refractivity contribution >= 4 is 21.7 Å². The van der Waals surface area contributed by atoms with Crippen LogP contribution in [0.15, 0.2) is 35.4 Å². The molecule has 1 saturated heterocycles. The summed E-state index contributed by atoms with van der Waals surface area (Å²) in [4.78, 5) is 6.91. The number of aromatic nitrogens is 2. The maximum Gasteiger partial charge on any atom is 0.458 e. The average molecular weight is 484 g/mol. The maximum atomic E-state index is 14.0. The third-order valence-corrected chi connectivity index (χ3v) is 5.34. The van der Waals surface area contributed by atoms with Gasteiger partial charge >= 0.3 is 12.1 Å². The van der Waals surface area contributed by atoms with Gasteiger partial charge in [0.2, 0.25) is 21.9 Å². The zero-order valence-corrected chi connectivity index (χ0v) is 16.8. The van der Waals surface area contributed by atoms with Crippen LogP contribution in [0, 0.1) is 0 Å². The quantitative estimate of drug-likeness (QED) is 0.530. The van der Waals surface area contributed by atoms with E-state index in [0.29, 0.717) is 0 Å². The number of aliphatic hydroxyl groups is 1. The van der Waals surface area contributed by atoms with Gasteiger partial charge in [-0.05, 0) is 24.3 Å². The van der Waals surface area contributed by atoms with Gasteiger partial charge in [-0.2, -0.15) is 26.9 Å². The molecular weight excluding hydrogens is 467 g/mol. The number of hydrogen-bond acceptors (Lipinski definition) is 8. The van der Waals surface area contributed by atoms with Gasteiger partial charge in [0.25, 0.3) is 0 Å². The second-order valence-electron chi connectivity index (χ2n) is 6.77. The number of rotatable bonds is 6. The standard InChI is InChI=1S/C17H17F5N4O5S/c18-16(19,17(20,21)22)11-7-24-15(25-9-1-3-10(4-2-9)32(23,28)29)26-14(11)31-13-5-6-30-8-12(13)27/h1-4,7,12-13,27H,5-6,8H2,(H2,23,28,29)(H,24,25,26)/t12-,13+/m0/s1. The first-order chi connectivity index (χ1) is 14.8. The molecule has 0 aliphatic carbocycles. The summed E-state index contributed by atoms with van der Waals surface area (Å²) in [7, 11) is -3.96. The van der Waals surface area contributed by atoms with Gasteiger partial charge in [0.1, 0.15) is 17.8 Å². The Bertz CT molecular complexity index is 1070. The highest BCUT2D eigenvalue weighted by molar-refractivity contribution is 7.89. The number of aliphatic hydroxyl groups excluding tert-OH is 1. The van der Waals surface area contributed by atoms with Crippen LogP contribution in [0.1, 0.15) is 12.0 Å². The smallest absolute Gasteiger partial charge is 0.458 e. The van der Waals surface area contributed by atoms with Crippen molar-refractivity contribution in [2.24, 2.45) is 5.14 Å². The van der Waals surface area contributed by atoms with E-state index in [4.69, 9.17) is 14.6 Å². The molecule has 1 aromatic heterocycles. The molecule has 0 saturated carbocycles. The minimum Gasteiger partial charge on any atom is -0.471 e. The molecule has 0 bridgehead atoms. The van der Waals surface area contributed by atoms with Gasteiger partial charge in [0.05, 0.1) is 18.1 Å². The summed E-state index contributed by atoms with van der Waals surface area (Å²) in [5.41, 5.74) is -1.44. The van der Waals surface area contributed by atoms with Crippen LogP contribution in [0.3, 0.4) is 0 Å². The molecule has 1 aliphatic heterocycles. The van der Waals surface area contributed by atoms with E-state index in [0.717, 1.165) is 12.1 Å². The monoisotopic (exact) mass is 484 g/mol. The fourth-order valence-corrected chi connectivity index (χ4v) is 3.24. The number of benzene rings is 1. The van der Waals surface area contributed by atoms with E-state index in [1.54, 1.807) is 0 Å². The normalized spacial score (nSPS) is 20.1. The predicted octanol–water partition coefficient (Wildman–Crippen LogP) is 2.05. The molecule has 0 unspecified atom stereocenters. The molecule has 2 heterocycles. The number of anilines is 2. The fourth-order valence-electron chi connectivity index (χ4n) is 2.73. The Hall–Kier alpha value is -2.62. The lowest BCUT2D eigenvalue weighted by atomic mass is 10.1. The Morgan fingerprint density at radius 1 is 1.19 bits per heavy atom. The van der Waals surface area contributed by atoms with Crippen LogP contribution in [0.4, 0.5) is 33.6 Å². The van der Waals surface area contributed by atoms with Gasteiger partial charge in [0, 0.05) is 18.3 Å². The Kier molecular flexibility index (Phi) is 6.55. The first kappa shape index (κ1) is 24.0. The number of nitrogens with two attached hydrogens (primary N) is 1. The molecule has 9 nitrogen and oxygen atoms in total. The molecule has 32 heavy (non-hydrogen) atoms. The summed E-state index contributed by atoms with van der Waals surface area (Å²) in [5.74, 6) is -6.81. The fraction of sp³-hybridized carbons (Fsp3) is 0.412. The Morgan fingerprint density at radius 2 is 1.84 bits per heavy atom. The third kappa shape index (κ3) is 5.23. The van der Waals surface area contributed by atoms with Gasteiger partial charge < -0.3 is 19.9 Å². The van der Waals surface area contributed by atoms with Crippen molar-refractivity contribution in [3.8, 4) is 5.88 Å². The summed E-state index contributed by atoms with van der Waals surface area (Å²) >= 11 is 0. The summed E-state index contributed by atoms with van der Waals surface area (Å²) in [6.07, 6.45) is -8.05. The predicted molar refractivity (Wildman–Crippen MR) is 98.9 cm³/mol. The van der Waals surface area contributed by atoms with Crippen molar-refractivity contribution in [1.29, 1.82) is 0 Å². The maximum absolute atomic E-state index is 14.0. The summed E-state index contributed by atoms with van der Waals surface area (Å²) in [5, 5.41) is 17.4. The van der Waals surface area contributed by atoms with Crippen LogP contribution in [0.2, 0.25) is 0 Å². The van der Waals surface area contributed by atoms with Crippen molar-refractivity contribution in [2.75, 3.05) is 18.5 Å². The minimum atomic E-state index is -5.94. The number of nitrogens with one attached hydrogen (secondary N) is 1. The van der Waals surface area contributed by atoms with Crippen LogP contribution in [-0.4, -0.2) is 55.1 Å². The Labute approximate surface area is 178 Å². The van der Waals surface area contributed by atoms with E-state index in [9.17, 15) is 35.5 Å². The number of halogens is 5. The van der Waals surface area contributed by atoms with E-state index in [1.807, 2.05) is 0 Å². The van der Waals surface area contributed by atoms with Gasteiger partial charge in [0.15, 0.2) is 0 Å². The van der Waals surface area contributed by atoms with E-state index in [1.165, 1.54) is 12.1 Å². The zero-order chi connectivity index (χ0) is 23.7. The summed E-state index contributed by atoms with van der Waals surface area (Å²) in [6, 6.07) is 4.79. The van der Waals surface area contributed by atoms with E-state index in [-0.39, 0.29) is 36.4 Å². The second-order valence-corrected chi connectivity index (χ2v) is 8.33. The first-order valence-electron chi connectivity index (χ1n) is 8.93. The summed E-state index contributed by atoms with van der Waals surface area (Å²) < 4.78 is 99.7. The Balaban J connectivity index is 1.95. The van der Waals surface area contributed by atoms with Crippen molar-refractivity contribution in [2.45, 2.75) is 35.6 Å². The van der Waals surface area contributed by atoms with Crippen LogP contribution in [-0.2, 0) is 20.7 Å². The number of alkyl halides is 5. The molecule has 0 spiro atoms. The molecule has 0 radical (unpaired) electrons. The number of nitrogens with zero attached hydrogens (tertiary/aromatic N) is 2. The largest absolute Gasteiger partial charge is 0.471 e. The van der Waals surface area contributed by atoms with Crippen molar-refractivity contribution in [3.63, 3.8) is 0 Å². The highest BCUT2D eigenvalue weighted by Crippen LogP contribution is 2.47. The van der Waals surface area contributed by atoms with Gasteiger partial charge in [-0.25, -0.2) is 18.5 Å². The third-order valence-electron chi connectivity index (χ3n) is 4.41. The lowest BCUT2D eigenvalue weighted by Gasteiger charge is -2.29. The highest BCUT2D eigenvalue weighted by atomic mass is 32.2. The highest BCUT2D eigenvalue weighted by Gasteiger charge is 2.61. The van der Waals surface area contributed by atoms with Crippen LogP contribution >= 0.6 is 0 Å². The van der Waals surface area contributed by atoms with E-state index >= 15 is 0 Å². The number of hydrogen-bond donors (Lipinski definition) is 3. The SMILES string of the molecule is NS(=O)(=O)c1ccc(Nc2ncc(C(F)(F)C(F)(F)F)c(O[C@@H]3CCOC[C@@H]3O)n2)cc1. The lowest BCUT2D eigenvalue weighted by Crippen LogP contribution is -2.42. The van der Waals surface area contributed by atoms with E-state index < -0.39 is 51.7 Å². The van der Waals surface area contributed by atoms with Gasteiger partial charge in [-0.3, -0.25) is 0 Å². The molecule has 2 atom stereocenters. The van der Waals surface area contributed by atoms with E-state index in [2.05, 4.69) is 15.3 Å². The van der Waals surface area contributed by atoms with Gasteiger partial charge in [-0.15, -0.1) is 0 Å². The molecule has 1 aliphatic rings. The average Bonchev–Trinajstić information content (AvgIpc) is 2.69. The lowest BCUT2D eigenvalue weighted by molar-refractivity contribution is -0.290. The topological polar surface area (TPSA) is 137 Å². The van der Waals surface area contributed by atoms with Crippen molar-refractivity contribution in [1.82, 2.24) is 9.97 Å². The summed E-state index contributed by atoms with van der Waals surface area (Å²) in [6.45, 7) is -0.0957. The molecule has 2 aromatic rings. The minimum absolute atomic E-state index is 0.0278. The number of ether oxygens (including phenoxy) is 2. The zero-order valence-electron chi connectivity index (χ0n) is 16.0. The molecule has 0 amide bonds. The van der Waals surface area contributed by atoms with Crippen LogP contribution in [0.5, 0.6) is 5.88 Å². The molecular formula is C17H17F5N4O5S. The van der Waals surface area contributed by atoms with Gasteiger partial charge in [-0.1, -0.05) is 0 Å².